The van der Waals surface area contributed by atoms with Gasteiger partial charge in [-0.2, -0.15) is 0 Å². The zero-order chi connectivity index (χ0) is 10.4. The Labute approximate surface area is 93.5 Å². The lowest BCUT2D eigenvalue weighted by Gasteiger charge is -2.13. The molecule has 0 amide bonds. The lowest BCUT2D eigenvalue weighted by molar-refractivity contribution is 0.230. The van der Waals surface area contributed by atoms with Gasteiger partial charge in [0.15, 0.2) is 0 Å². The third-order valence-corrected chi connectivity index (χ3v) is 2.80. The van der Waals surface area contributed by atoms with E-state index >= 15 is 0 Å². The molecule has 1 unspecified atom stereocenters. The number of hydrogen-bond acceptors (Lipinski definition) is 2. The second kappa shape index (κ2) is 6.04. The van der Waals surface area contributed by atoms with Crippen molar-refractivity contribution < 1.29 is 5.11 Å². The SMILES string of the molecule is CCC(CO)CNc1ccc(Br)cc1. The van der Waals surface area contributed by atoms with E-state index in [1.807, 2.05) is 24.3 Å². The Morgan fingerprint density at radius 1 is 1.36 bits per heavy atom. The summed E-state index contributed by atoms with van der Waals surface area (Å²) >= 11 is 3.39. The molecule has 0 fully saturated rings. The van der Waals surface area contributed by atoms with Gasteiger partial charge in [-0.05, 0) is 36.6 Å². The molecule has 3 heteroatoms. The fraction of sp³-hybridized carbons (Fsp3) is 0.455. The molecule has 78 valence electrons. The van der Waals surface area contributed by atoms with Crippen LogP contribution in [0.3, 0.4) is 0 Å². The molecular weight excluding hydrogens is 242 g/mol. The third kappa shape index (κ3) is 3.68. The van der Waals surface area contributed by atoms with Crippen LogP contribution >= 0.6 is 15.9 Å². The Morgan fingerprint density at radius 2 is 2.00 bits per heavy atom. The summed E-state index contributed by atoms with van der Waals surface area (Å²) in [5.74, 6) is 0.346. The molecule has 1 atom stereocenters. The zero-order valence-electron chi connectivity index (χ0n) is 8.33. The fourth-order valence-corrected chi connectivity index (χ4v) is 1.43. The number of anilines is 1. The largest absolute Gasteiger partial charge is 0.396 e. The maximum atomic E-state index is 9.00. The van der Waals surface area contributed by atoms with Gasteiger partial charge < -0.3 is 10.4 Å². The molecule has 1 rings (SSSR count). The summed E-state index contributed by atoms with van der Waals surface area (Å²) in [6.45, 7) is 3.17. The molecule has 1 aromatic carbocycles. The summed E-state index contributed by atoms with van der Waals surface area (Å²) in [6, 6.07) is 8.05. The van der Waals surface area contributed by atoms with Crippen LogP contribution in [0.25, 0.3) is 0 Å². The summed E-state index contributed by atoms with van der Waals surface area (Å²) in [6.07, 6.45) is 1.00. The number of aliphatic hydroxyl groups is 1. The Balaban J connectivity index is 2.41. The molecule has 0 saturated heterocycles. The average Bonchev–Trinajstić information content (AvgIpc) is 2.22. The van der Waals surface area contributed by atoms with Crippen molar-refractivity contribution in [2.24, 2.45) is 5.92 Å². The minimum atomic E-state index is 0.250. The van der Waals surface area contributed by atoms with Gasteiger partial charge in [0, 0.05) is 23.3 Å². The highest BCUT2D eigenvalue weighted by molar-refractivity contribution is 9.10. The van der Waals surface area contributed by atoms with E-state index in [4.69, 9.17) is 5.11 Å². The number of nitrogens with one attached hydrogen (secondary N) is 1. The number of benzene rings is 1. The van der Waals surface area contributed by atoms with E-state index in [0.717, 1.165) is 23.1 Å². The molecule has 0 aliphatic carbocycles. The van der Waals surface area contributed by atoms with Gasteiger partial charge in [-0.1, -0.05) is 22.9 Å². The molecule has 14 heavy (non-hydrogen) atoms. The van der Waals surface area contributed by atoms with Crippen molar-refractivity contribution in [2.45, 2.75) is 13.3 Å². The third-order valence-electron chi connectivity index (χ3n) is 2.27. The second-order valence-corrected chi connectivity index (χ2v) is 4.26. The van der Waals surface area contributed by atoms with Gasteiger partial charge in [0.05, 0.1) is 0 Å². The summed E-state index contributed by atoms with van der Waals surface area (Å²) < 4.78 is 1.08. The highest BCUT2D eigenvalue weighted by atomic mass is 79.9. The van der Waals surface area contributed by atoms with Crippen molar-refractivity contribution in [1.29, 1.82) is 0 Å². The van der Waals surface area contributed by atoms with Gasteiger partial charge in [-0.15, -0.1) is 0 Å². The monoisotopic (exact) mass is 257 g/mol. The number of halogens is 1. The molecule has 0 aliphatic heterocycles. The fourth-order valence-electron chi connectivity index (χ4n) is 1.17. The highest BCUT2D eigenvalue weighted by Crippen LogP contribution is 2.14. The van der Waals surface area contributed by atoms with Crippen LogP contribution in [0.5, 0.6) is 0 Å². The first-order chi connectivity index (χ1) is 6.76. The van der Waals surface area contributed by atoms with E-state index in [1.165, 1.54) is 0 Å². The van der Waals surface area contributed by atoms with Gasteiger partial charge in [0.1, 0.15) is 0 Å². The molecule has 2 nitrogen and oxygen atoms in total. The highest BCUT2D eigenvalue weighted by Gasteiger charge is 2.03. The van der Waals surface area contributed by atoms with Crippen LogP contribution in [0.4, 0.5) is 5.69 Å². The number of hydrogen-bond donors (Lipinski definition) is 2. The van der Waals surface area contributed by atoms with Crippen LogP contribution in [0.15, 0.2) is 28.7 Å². The van der Waals surface area contributed by atoms with Crippen LogP contribution in [0, 0.1) is 5.92 Å². The number of rotatable bonds is 5. The van der Waals surface area contributed by atoms with Crippen LogP contribution in [-0.2, 0) is 0 Å². The Hall–Kier alpha value is -0.540. The lowest BCUT2D eigenvalue weighted by atomic mass is 10.1. The van der Waals surface area contributed by atoms with Gasteiger partial charge in [-0.3, -0.25) is 0 Å². The molecule has 0 saturated carbocycles. The van der Waals surface area contributed by atoms with Crippen LogP contribution in [-0.4, -0.2) is 18.3 Å². The first kappa shape index (κ1) is 11.5. The topological polar surface area (TPSA) is 32.3 Å². The average molecular weight is 258 g/mol. The summed E-state index contributed by atoms with van der Waals surface area (Å²) in [7, 11) is 0. The van der Waals surface area contributed by atoms with Gasteiger partial charge >= 0.3 is 0 Å². The van der Waals surface area contributed by atoms with Crippen LogP contribution < -0.4 is 5.32 Å². The minimum Gasteiger partial charge on any atom is -0.396 e. The molecule has 0 aliphatic rings. The maximum absolute atomic E-state index is 9.00. The van der Waals surface area contributed by atoms with Gasteiger partial charge in [0.25, 0.3) is 0 Å². The molecule has 2 N–H and O–H groups in total. The summed E-state index contributed by atoms with van der Waals surface area (Å²) in [4.78, 5) is 0. The molecule has 0 aromatic heterocycles. The molecule has 0 heterocycles. The molecule has 0 radical (unpaired) electrons. The lowest BCUT2D eigenvalue weighted by Crippen LogP contribution is -2.16. The summed E-state index contributed by atoms with van der Waals surface area (Å²) in [5, 5.41) is 12.3. The van der Waals surface area contributed by atoms with Crippen molar-refractivity contribution in [2.75, 3.05) is 18.5 Å². The number of aliphatic hydroxyl groups excluding tert-OH is 1. The van der Waals surface area contributed by atoms with Gasteiger partial charge in [-0.25, -0.2) is 0 Å². The van der Waals surface area contributed by atoms with E-state index < -0.39 is 0 Å². The Morgan fingerprint density at radius 3 is 2.50 bits per heavy atom. The first-order valence-corrected chi connectivity index (χ1v) is 5.65. The quantitative estimate of drug-likeness (QED) is 0.851. The van der Waals surface area contributed by atoms with Crippen molar-refractivity contribution in [1.82, 2.24) is 0 Å². The predicted molar refractivity (Wildman–Crippen MR) is 63.5 cm³/mol. The molecule has 1 aromatic rings. The van der Waals surface area contributed by atoms with E-state index in [0.29, 0.717) is 5.92 Å². The van der Waals surface area contributed by atoms with Crippen molar-refractivity contribution in [3.63, 3.8) is 0 Å². The van der Waals surface area contributed by atoms with Crippen LogP contribution in [0.1, 0.15) is 13.3 Å². The predicted octanol–water partition coefficient (Wildman–Crippen LogP) is 2.88. The van der Waals surface area contributed by atoms with E-state index in [-0.39, 0.29) is 6.61 Å². The smallest absolute Gasteiger partial charge is 0.0475 e. The van der Waals surface area contributed by atoms with Gasteiger partial charge in [0.2, 0.25) is 0 Å². The van der Waals surface area contributed by atoms with Crippen LogP contribution in [0.2, 0.25) is 0 Å². The van der Waals surface area contributed by atoms with E-state index in [9.17, 15) is 0 Å². The standard InChI is InChI=1S/C11H16BrNO/c1-2-9(8-14)7-13-11-5-3-10(12)4-6-11/h3-6,9,13-14H,2,7-8H2,1H3. The Kier molecular flexibility index (Phi) is 4.98. The molecule has 0 bridgehead atoms. The first-order valence-electron chi connectivity index (χ1n) is 4.86. The summed E-state index contributed by atoms with van der Waals surface area (Å²) in [5.41, 5.74) is 1.10. The normalized spacial score (nSPS) is 12.5. The minimum absolute atomic E-state index is 0.250. The molecule has 0 spiro atoms. The van der Waals surface area contributed by atoms with Crippen molar-refractivity contribution in [3.8, 4) is 0 Å². The molecular formula is C11H16BrNO. The van der Waals surface area contributed by atoms with E-state index in [1.54, 1.807) is 0 Å². The van der Waals surface area contributed by atoms with Crippen molar-refractivity contribution in [3.05, 3.63) is 28.7 Å². The second-order valence-electron chi connectivity index (χ2n) is 3.34. The zero-order valence-corrected chi connectivity index (χ0v) is 9.92. The van der Waals surface area contributed by atoms with E-state index in [2.05, 4.69) is 28.2 Å². The van der Waals surface area contributed by atoms with Crippen molar-refractivity contribution >= 4 is 21.6 Å². The maximum Gasteiger partial charge on any atom is 0.0475 e. The Bertz CT molecular complexity index is 256.